The van der Waals surface area contributed by atoms with Gasteiger partial charge >= 0.3 is 0 Å². The van der Waals surface area contributed by atoms with Crippen molar-refractivity contribution in [1.29, 1.82) is 0 Å². The fourth-order valence-corrected chi connectivity index (χ4v) is 6.55. The molecule has 2 fully saturated rings. The Morgan fingerprint density at radius 1 is 1.33 bits per heavy atom. The summed E-state index contributed by atoms with van der Waals surface area (Å²) in [5.74, 6) is -2.38. The number of hydrogen-bond donors (Lipinski definition) is 4. The van der Waals surface area contributed by atoms with E-state index >= 15 is 4.39 Å². The molecule has 0 bridgehead atoms. The lowest BCUT2D eigenvalue weighted by molar-refractivity contribution is -0.127. The van der Waals surface area contributed by atoms with Crippen LogP contribution in [0.1, 0.15) is 52.5 Å². The second kappa shape index (κ2) is 10.6. The largest absolute Gasteiger partial charge is 0.390 e. The summed E-state index contributed by atoms with van der Waals surface area (Å²) in [6, 6.07) is 1.35. The summed E-state index contributed by atoms with van der Waals surface area (Å²) in [5, 5.41) is 19.1. The molecule has 1 spiro atoms. The Morgan fingerprint density at radius 2 is 2.00 bits per heavy atom. The Kier molecular flexibility index (Phi) is 8.09. The van der Waals surface area contributed by atoms with Crippen LogP contribution in [0.5, 0.6) is 0 Å². The van der Waals surface area contributed by atoms with E-state index in [1.165, 1.54) is 18.2 Å². The molecule has 2 aliphatic heterocycles. The molecule has 2 heterocycles. The van der Waals surface area contributed by atoms with Gasteiger partial charge in [-0.3, -0.25) is 9.59 Å². The average Bonchev–Trinajstić information content (AvgIpc) is 3.30. The van der Waals surface area contributed by atoms with Gasteiger partial charge in [0.1, 0.15) is 12.1 Å². The Bertz CT molecular complexity index is 1250. The average molecular weight is 583 g/mol. The number of alkyl halides is 1. The van der Waals surface area contributed by atoms with Crippen molar-refractivity contribution in [3.8, 4) is 0 Å². The number of benzene rings is 1. The first-order chi connectivity index (χ1) is 18.1. The van der Waals surface area contributed by atoms with Crippen LogP contribution in [0, 0.1) is 17.2 Å². The van der Waals surface area contributed by atoms with Gasteiger partial charge in [-0.1, -0.05) is 68.8 Å². The molecule has 2 amide bonds. The molecule has 1 aromatic rings. The molecule has 0 unspecified atom stereocenters. The quantitative estimate of drug-likeness (QED) is 0.329. The van der Waals surface area contributed by atoms with Crippen LogP contribution in [-0.2, 0) is 15.0 Å². The second-order valence-corrected chi connectivity index (χ2v) is 13.2. The fourth-order valence-electron chi connectivity index (χ4n) is 6.32. The molecule has 1 aliphatic carbocycles. The third-order valence-electron chi connectivity index (χ3n) is 7.84. The Morgan fingerprint density at radius 3 is 2.59 bits per heavy atom. The SMILES string of the molecule is C=C(/C=C\C=C(\Cl)CF)[C@H]1[C@H](C(=O)N[C@H]2C[C@@](C)(O)C2)N[C@H](CC(C)(C)C)[C@]12C(=O)Nc1c2ccc(Cl)c1F. The van der Waals surface area contributed by atoms with E-state index in [9.17, 15) is 19.1 Å². The number of nitrogens with one attached hydrogen (secondary N) is 3. The summed E-state index contributed by atoms with van der Waals surface area (Å²) in [5.41, 5.74) is -1.70. The Balaban J connectivity index is 1.85. The minimum absolute atomic E-state index is 0.00791. The zero-order valence-corrected chi connectivity index (χ0v) is 24.0. The van der Waals surface area contributed by atoms with Crippen molar-refractivity contribution in [2.24, 2.45) is 11.3 Å². The standard InChI is InChI=1S/C29H35Cl2F2N3O3/c1-15(7-6-8-16(30)14-32)21-24(25(37)34-17-11-28(5,39)12-17)35-20(13-27(2,3)4)29(21)18-9-10-19(31)22(33)23(18)36-26(29)38/h6-10,17,20-21,24,35,39H,1,11-14H2,2-5H3,(H,34,37)(H,36,38)/b7-6-,16-8+/t17-,20-,21+,24-,28+,29+/m1/s1. The van der Waals surface area contributed by atoms with Gasteiger partial charge in [0, 0.05) is 23.0 Å². The number of hydrogen-bond acceptors (Lipinski definition) is 4. The highest BCUT2D eigenvalue weighted by Gasteiger charge is 2.66. The number of anilines is 1. The van der Waals surface area contributed by atoms with Gasteiger partial charge in [-0.2, -0.15) is 0 Å². The van der Waals surface area contributed by atoms with E-state index in [0.29, 0.717) is 30.4 Å². The van der Waals surface area contributed by atoms with Crippen LogP contribution in [0.25, 0.3) is 0 Å². The van der Waals surface area contributed by atoms with E-state index in [0.717, 1.165) is 0 Å². The summed E-state index contributed by atoms with van der Waals surface area (Å²) < 4.78 is 28.1. The summed E-state index contributed by atoms with van der Waals surface area (Å²) >= 11 is 11.9. The van der Waals surface area contributed by atoms with Gasteiger partial charge in [0.15, 0.2) is 5.82 Å². The number of allylic oxidation sites excluding steroid dienone is 4. The van der Waals surface area contributed by atoms with Gasteiger partial charge < -0.3 is 21.1 Å². The number of rotatable bonds is 7. The van der Waals surface area contributed by atoms with Crippen molar-refractivity contribution < 1.29 is 23.5 Å². The maximum absolute atomic E-state index is 15.2. The van der Waals surface area contributed by atoms with Gasteiger partial charge in [0.05, 0.1) is 22.4 Å². The number of aliphatic hydroxyl groups is 1. The molecule has 3 aliphatic rings. The van der Waals surface area contributed by atoms with Crippen molar-refractivity contribution in [3.63, 3.8) is 0 Å². The minimum atomic E-state index is -1.39. The van der Waals surface area contributed by atoms with Crippen LogP contribution in [0.15, 0.2) is 47.5 Å². The maximum atomic E-state index is 15.2. The molecular weight excluding hydrogens is 547 g/mol. The number of fused-ring (bicyclic) bond motifs is 2. The molecule has 1 saturated heterocycles. The van der Waals surface area contributed by atoms with Gasteiger partial charge in [0.2, 0.25) is 11.8 Å². The molecule has 4 rings (SSSR count). The molecule has 0 radical (unpaired) electrons. The smallest absolute Gasteiger partial charge is 0.238 e. The summed E-state index contributed by atoms with van der Waals surface area (Å²) in [6.07, 6.45) is 5.79. The molecule has 4 atom stereocenters. The van der Waals surface area contributed by atoms with Gasteiger partial charge in [-0.25, -0.2) is 8.78 Å². The maximum Gasteiger partial charge on any atom is 0.238 e. The van der Waals surface area contributed by atoms with Crippen molar-refractivity contribution in [3.05, 3.63) is 63.9 Å². The zero-order chi connectivity index (χ0) is 28.9. The van der Waals surface area contributed by atoms with E-state index in [1.54, 1.807) is 19.1 Å². The van der Waals surface area contributed by atoms with E-state index in [-0.39, 0.29) is 33.1 Å². The van der Waals surface area contributed by atoms with E-state index in [2.05, 4.69) is 22.5 Å². The second-order valence-electron chi connectivity index (χ2n) is 12.3. The van der Waals surface area contributed by atoms with Crippen molar-refractivity contribution in [2.75, 3.05) is 12.0 Å². The van der Waals surface area contributed by atoms with Gasteiger partial charge in [0.25, 0.3) is 0 Å². The molecular formula is C29H35Cl2F2N3O3. The summed E-state index contributed by atoms with van der Waals surface area (Å²) in [4.78, 5) is 27.8. The van der Waals surface area contributed by atoms with Crippen LogP contribution >= 0.6 is 23.2 Å². The number of amides is 2. The van der Waals surface area contributed by atoms with Crippen molar-refractivity contribution >= 4 is 40.7 Å². The molecule has 39 heavy (non-hydrogen) atoms. The number of halogens is 4. The lowest BCUT2D eigenvalue weighted by atomic mass is 9.62. The van der Waals surface area contributed by atoms with Crippen LogP contribution in [0.2, 0.25) is 5.02 Å². The Hall–Kier alpha value is -2.26. The molecule has 6 nitrogen and oxygen atoms in total. The molecule has 212 valence electrons. The highest BCUT2D eigenvalue weighted by atomic mass is 35.5. The van der Waals surface area contributed by atoms with E-state index in [1.807, 2.05) is 20.8 Å². The van der Waals surface area contributed by atoms with Crippen molar-refractivity contribution in [2.45, 2.75) is 76.1 Å². The first-order valence-corrected chi connectivity index (χ1v) is 13.7. The fraction of sp³-hybridized carbons (Fsp3) is 0.517. The first-order valence-electron chi connectivity index (χ1n) is 13.0. The highest BCUT2D eigenvalue weighted by molar-refractivity contribution is 6.31. The summed E-state index contributed by atoms with van der Waals surface area (Å²) in [6.45, 7) is 11.2. The highest BCUT2D eigenvalue weighted by Crippen LogP contribution is 2.55. The molecule has 1 saturated carbocycles. The predicted molar refractivity (Wildman–Crippen MR) is 150 cm³/mol. The predicted octanol–water partition coefficient (Wildman–Crippen LogP) is 5.30. The number of carbonyl (C=O) groups excluding carboxylic acids is 2. The lowest BCUT2D eigenvalue weighted by Gasteiger charge is -2.42. The van der Waals surface area contributed by atoms with Crippen LogP contribution in [0.3, 0.4) is 0 Å². The zero-order valence-electron chi connectivity index (χ0n) is 22.5. The molecule has 1 aromatic carbocycles. The van der Waals surface area contributed by atoms with Crippen molar-refractivity contribution in [1.82, 2.24) is 10.6 Å². The van der Waals surface area contributed by atoms with Gasteiger partial charge in [-0.05, 0) is 54.9 Å². The van der Waals surface area contributed by atoms with Crippen LogP contribution < -0.4 is 16.0 Å². The Labute approximate surface area is 237 Å². The molecule has 0 aromatic heterocycles. The van der Waals surface area contributed by atoms with Crippen LogP contribution in [0.4, 0.5) is 14.5 Å². The first kappa shape index (κ1) is 29.7. The van der Waals surface area contributed by atoms with Crippen LogP contribution in [-0.4, -0.2) is 47.3 Å². The molecule has 4 N–H and O–H groups in total. The number of carbonyl (C=O) groups is 2. The lowest BCUT2D eigenvalue weighted by Crippen LogP contribution is -2.57. The molecule has 10 heteroatoms. The third kappa shape index (κ3) is 5.53. The third-order valence-corrected chi connectivity index (χ3v) is 8.36. The summed E-state index contributed by atoms with van der Waals surface area (Å²) in [7, 11) is 0. The minimum Gasteiger partial charge on any atom is -0.390 e. The normalized spacial score (nSPS) is 32.3. The van der Waals surface area contributed by atoms with Gasteiger partial charge in [-0.15, -0.1) is 0 Å². The van der Waals surface area contributed by atoms with E-state index in [4.69, 9.17) is 23.2 Å². The topological polar surface area (TPSA) is 90.5 Å². The monoisotopic (exact) mass is 581 g/mol. The van der Waals surface area contributed by atoms with E-state index < -0.39 is 47.4 Å².